The fourth-order valence-electron chi connectivity index (χ4n) is 1.35. The van der Waals surface area contributed by atoms with Gasteiger partial charge < -0.3 is 5.73 Å². The molecule has 1 aromatic heterocycles. The minimum Gasteiger partial charge on any atom is -0.398 e. The van der Waals surface area contributed by atoms with Gasteiger partial charge in [-0.25, -0.2) is 0 Å². The van der Waals surface area contributed by atoms with Crippen LogP contribution in [0.15, 0.2) is 28.7 Å². The maximum atomic E-state index is 6.03. The molecule has 0 saturated heterocycles. The second-order valence-electron chi connectivity index (χ2n) is 3.30. The molecule has 0 aliphatic carbocycles. The fourth-order valence-corrected chi connectivity index (χ4v) is 2.98. The number of hydrogen-bond donors (Lipinski definition) is 1. The van der Waals surface area contributed by atoms with E-state index in [1.54, 1.807) is 11.3 Å². The number of anilines is 1. The summed E-state index contributed by atoms with van der Waals surface area (Å²) in [6.07, 6.45) is 0. The molecule has 0 saturated carbocycles. The first-order valence-corrected chi connectivity index (χ1v) is 6.38. The molecule has 0 atom stereocenters. The summed E-state index contributed by atoms with van der Waals surface area (Å²) in [6.45, 7) is 2.00. The quantitative estimate of drug-likeness (QED) is 0.758. The molecular weight excluding hydrogens is 294 g/mol. The predicted octanol–water partition coefficient (Wildman–Crippen LogP) is 4.72. The van der Waals surface area contributed by atoms with Crippen molar-refractivity contribution >= 4 is 44.6 Å². The van der Waals surface area contributed by atoms with E-state index in [0.717, 1.165) is 30.5 Å². The molecule has 0 spiro atoms. The highest BCUT2D eigenvalue weighted by Crippen LogP contribution is 2.37. The number of benzene rings is 1. The Labute approximate surface area is 106 Å². The zero-order valence-corrected chi connectivity index (χ0v) is 11.2. The molecule has 2 aromatic rings. The smallest absolute Gasteiger partial charge is 0.0964 e. The van der Waals surface area contributed by atoms with Crippen molar-refractivity contribution in [2.75, 3.05) is 5.73 Å². The topological polar surface area (TPSA) is 26.0 Å². The summed E-state index contributed by atoms with van der Waals surface area (Å²) < 4.78 is 1.82. The number of nitrogen functional groups attached to an aromatic ring is 1. The average molecular weight is 303 g/mol. The van der Waals surface area contributed by atoms with Crippen molar-refractivity contribution in [2.45, 2.75) is 6.92 Å². The lowest BCUT2D eigenvalue weighted by atomic mass is 10.1. The van der Waals surface area contributed by atoms with Gasteiger partial charge in [-0.3, -0.25) is 0 Å². The summed E-state index contributed by atoms with van der Waals surface area (Å²) in [7, 11) is 0. The first kappa shape index (κ1) is 11.0. The van der Waals surface area contributed by atoms with Crippen molar-refractivity contribution in [3.8, 4) is 10.4 Å². The lowest BCUT2D eigenvalue weighted by Crippen LogP contribution is -1.87. The molecule has 1 aromatic carbocycles. The van der Waals surface area contributed by atoms with Gasteiger partial charge in [0.05, 0.1) is 4.34 Å². The maximum absolute atomic E-state index is 6.03. The Bertz CT molecular complexity index is 488. The lowest BCUT2D eigenvalue weighted by molar-refractivity contribution is 1.55. The van der Waals surface area contributed by atoms with Crippen LogP contribution in [0.3, 0.4) is 0 Å². The maximum Gasteiger partial charge on any atom is 0.0964 e. The van der Waals surface area contributed by atoms with Gasteiger partial charge in [0, 0.05) is 20.6 Å². The van der Waals surface area contributed by atoms with E-state index in [0.29, 0.717) is 0 Å². The van der Waals surface area contributed by atoms with E-state index in [4.69, 9.17) is 17.3 Å². The first-order chi connectivity index (χ1) is 7.08. The van der Waals surface area contributed by atoms with Crippen LogP contribution in [0.1, 0.15) is 5.56 Å². The van der Waals surface area contributed by atoms with E-state index >= 15 is 0 Å². The van der Waals surface area contributed by atoms with Gasteiger partial charge >= 0.3 is 0 Å². The van der Waals surface area contributed by atoms with Gasteiger partial charge in [0.25, 0.3) is 0 Å². The van der Waals surface area contributed by atoms with Crippen LogP contribution in [-0.2, 0) is 0 Å². The molecule has 1 heterocycles. The van der Waals surface area contributed by atoms with Crippen LogP contribution >= 0.6 is 38.9 Å². The summed E-state index contributed by atoms with van der Waals surface area (Å²) in [5, 5.41) is 0. The van der Waals surface area contributed by atoms with E-state index in [2.05, 4.69) is 22.0 Å². The standard InChI is InChI=1S/C11H9BrClNS/c1-6-4-10(15-11(6)13)8-3-2-7(12)5-9(8)14/h2-5H,14H2,1H3. The van der Waals surface area contributed by atoms with E-state index in [-0.39, 0.29) is 0 Å². The predicted molar refractivity (Wildman–Crippen MR) is 71.6 cm³/mol. The molecular formula is C11H9BrClNS. The van der Waals surface area contributed by atoms with Crippen LogP contribution in [0.25, 0.3) is 10.4 Å². The Balaban J connectivity index is 2.54. The van der Waals surface area contributed by atoms with Crippen molar-refractivity contribution in [2.24, 2.45) is 0 Å². The highest BCUT2D eigenvalue weighted by Gasteiger charge is 2.08. The SMILES string of the molecule is Cc1cc(-c2ccc(Br)cc2N)sc1Cl. The van der Waals surface area contributed by atoms with Crippen LogP contribution in [-0.4, -0.2) is 0 Å². The van der Waals surface area contributed by atoms with Crippen LogP contribution in [0, 0.1) is 6.92 Å². The highest BCUT2D eigenvalue weighted by molar-refractivity contribution is 9.10. The van der Waals surface area contributed by atoms with Crippen LogP contribution in [0.2, 0.25) is 4.34 Å². The van der Waals surface area contributed by atoms with E-state index in [1.807, 2.05) is 25.1 Å². The van der Waals surface area contributed by atoms with E-state index in [9.17, 15) is 0 Å². The van der Waals surface area contributed by atoms with Gasteiger partial charge in [-0.15, -0.1) is 11.3 Å². The number of hydrogen-bond acceptors (Lipinski definition) is 2. The third-order valence-corrected chi connectivity index (χ3v) is 4.22. The molecule has 0 amide bonds. The number of thiophene rings is 1. The zero-order valence-electron chi connectivity index (χ0n) is 8.05. The summed E-state index contributed by atoms with van der Waals surface area (Å²) in [5.74, 6) is 0. The second kappa shape index (κ2) is 4.16. The molecule has 15 heavy (non-hydrogen) atoms. The molecule has 4 heteroatoms. The van der Waals surface area contributed by atoms with Crippen LogP contribution in [0.4, 0.5) is 5.69 Å². The Kier molecular flexibility index (Phi) is 3.05. The normalized spacial score (nSPS) is 10.6. The van der Waals surface area contributed by atoms with Gasteiger partial charge in [0.2, 0.25) is 0 Å². The molecule has 1 nitrogen and oxygen atoms in total. The third kappa shape index (κ3) is 2.19. The van der Waals surface area contributed by atoms with E-state index < -0.39 is 0 Å². The highest BCUT2D eigenvalue weighted by atomic mass is 79.9. The Morgan fingerprint density at radius 2 is 2.07 bits per heavy atom. The molecule has 78 valence electrons. The van der Waals surface area contributed by atoms with Gasteiger partial charge in [0.15, 0.2) is 0 Å². The fraction of sp³-hybridized carbons (Fsp3) is 0.0909. The van der Waals surface area contributed by atoms with Crippen molar-refractivity contribution in [3.63, 3.8) is 0 Å². The number of aryl methyl sites for hydroxylation is 1. The molecule has 0 aliphatic heterocycles. The van der Waals surface area contributed by atoms with Gasteiger partial charge in [-0.05, 0) is 30.7 Å². The van der Waals surface area contributed by atoms with Crippen molar-refractivity contribution in [3.05, 3.63) is 38.6 Å². The Hall–Kier alpha value is -0.510. The van der Waals surface area contributed by atoms with Crippen LogP contribution < -0.4 is 5.73 Å². The van der Waals surface area contributed by atoms with Crippen molar-refractivity contribution < 1.29 is 0 Å². The number of nitrogens with two attached hydrogens (primary N) is 1. The number of rotatable bonds is 1. The van der Waals surface area contributed by atoms with Gasteiger partial charge in [-0.2, -0.15) is 0 Å². The first-order valence-electron chi connectivity index (χ1n) is 4.39. The Morgan fingerprint density at radius 3 is 2.60 bits per heavy atom. The van der Waals surface area contributed by atoms with Crippen molar-refractivity contribution in [1.82, 2.24) is 0 Å². The molecule has 2 rings (SSSR count). The zero-order chi connectivity index (χ0) is 11.0. The second-order valence-corrected chi connectivity index (χ2v) is 5.87. The average Bonchev–Trinajstić information content (AvgIpc) is 2.46. The molecule has 2 N–H and O–H groups in total. The summed E-state index contributed by atoms with van der Waals surface area (Å²) in [4.78, 5) is 1.11. The molecule has 0 bridgehead atoms. The van der Waals surface area contributed by atoms with E-state index in [1.165, 1.54) is 0 Å². The molecule has 0 aliphatic rings. The molecule has 0 radical (unpaired) electrons. The largest absolute Gasteiger partial charge is 0.398 e. The summed E-state index contributed by atoms with van der Waals surface area (Å²) in [6, 6.07) is 7.94. The monoisotopic (exact) mass is 301 g/mol. The Morgan fingerprint density at radius 1 is 1.33 bits per heavy atom. The number of halogens is 2. The summed E-state index contributed by atoms with van der Waals surface area (Å²) >= 11 is 11.0. The van der Waals surface area contributed by atoms with Gasteiger partial charge in [0.1, 0.15) is 0 Å². The summed E-state index contributed by atoms with van der Waals surface area (Å²) in [5.41, 5.74) is 8.85. The van der Waals surface area contributed by atoms with Gasteiger partial charge in [-0.1, -0.05) is 33.6 Å². The molecule has 0 fully saturated rings. The third-order valence-electron chi connectivity index (χ3n) is 2.14. The lowest BCUT2D eigenvalue weighted by Gasteiger charge is -2.02. The van der Waals surface area contributed by atoms with Crippen LogP contribution in [0.5, 0.6) is 0 Å². The molecule has 0 unspecified atom stereocenters. The van der Waals surface area contributed by atoms with Crippen molar-refractivity contribution in [1.29, 1.82) is 0 Å². The minimum absolute atomic E-state index is 0.766. The minimum atomic E-state index is 0.766.